The number of halogens is 1. The molecule has 0 bridgehead atoms. The Labute approximate surface area is 132 Å². The van der Waals surface area contributed by atoms with Crippen molar-refractivity contribution in [3.05, 3.63) is 52.5 Å². The molecule has 0 saturated heterocycles. The summed E-state index contributed by atoms with van der Waals surface area (Å²) in [4.78, 5) is 2.46. The van der Waals surface area contributed by atoms with Crippen LogP contribution in [0.4, 0.5) is 11.4 Å². The lowest BCUT2D eigenvalue weighted by Gasteiger charge is -2.24. The van der Waals surface area contributed by atoms with Gasteiger partial charge >= 0.3 is 0 Å². The predicted molar refractivity (Wildman–Crippen MR) is 90.8 cm³/mol. The van der Waals surface area contributed by atoms with E-state index in [0.29, 0.717) is 4.99 Å². The fraction of sp³-hybridized carbons (Fsp3) is 0.133. The molecule has 3 N–H and O–H groups in total. The molecule has 0 heterocycles. The lowest BCUT2D eigenvalue weighted by atomic mass is 10.1. The van der Waals surface area contributed by atoms with Crippen molar-refractivity contribution >= 4 is 44.5 Å². The minimum Gasteiger partial charge on any atom is -0.508 e. The molecule has 5 heteroatoms. The SMILES string of the molecule is CCN(c1cccc(O)c1)c1ccc(C(N)=S)c(Br)c1. The molecule has 0 atom stereocenters. The molecule has 104 valence electrons. The van der Waals surface area contributed by atoms with Gasteiger partial charge in [0, 0.05) is 34.0 Å². The number of phenols is 1. The first kappa shape index (κ1) is 14.8. The lowest BCUT2D eigenvalue weighted by molar-refractivity contribution is 0.475. The zero-order chi connectivity index (χ0) is 14.7. The third-order valence-corrected chi connectivity index (χ3v) is 3.86. The summed E-state index contributed by atoms with van der Waals surface area (Å²) in [5, 5.41) is 9.61. The second kappa shape index (κ2) is 6.24. The minimum absolute atomic E-state index is 0.250. The summed E-state index contributed by atoms with van der Waals surface area (Å²) in [5.74, 6) is 0.250. The normalized spacial score (nSPS) is 10.3. The standard InChI is InChI=1S/C15H15BrN2OS/c1-2-18(10-4-3-5-12(19)8-10)11-6-7-13(15(17)20)14(16)9-11/h3-9,19H,2H2,1H3,(H2,17,20). The smallest absolute Gasteiger partial charge is 0.117 e. The van der Waals surface area contributed by atoms with Gasteiger partial charge in [0.2, 0.25) is 0 Å². The quantitative estimate of drug-likeness (QED) is 0.819. The summed E-state index contributed by atoms with van der Waals surface area (Å²) < 4.78 is 0.862. The number of rotatable bonds is 4. The van der Waals surface area contributed by atoms with Crippen molar-refractivity contribution in [2.45, 2.75) is 6.92 Å². The molecule has 0 radical (unpaired) electrons. The summed E-state index contributed by atoms with van der Waals surface area (Å²) >= 11 is 8.49. The molecule has 0 aliphatic heterocycles. The van der Waals surface area contributed by atoms with Crippen molar-refractivity contribution in [3.8, 4) is 5.75 Å². The van der Waals surface area contributed by atoms with Gasteiger partial charge in [-0.3, -0.25) is 0 Å². The molecule has 2 aromatic carbocycles. The highest BCUT2D eigenvalue weighted by Gasteiger charge is 2.11. The molecule has 20 heavy (non-hydrogen) atoms. The fourth-order valence-corrected chi connectivity index (χ4v) is 2.94. The number of hydrogen-bond donors (Lipinski definition) is 2. The van der Waals surface area contributed by atoms with E-state index in [1.54, 1.807) is 12.1 Å². The van der Waals surface area contributed by atoms with Gasteiger partial charge < -0.3 is 15.7 Å². The van der Waals surface area contributed by atoms with Gasteiger partial charge in [-0.2, -0.15) is 0 Å². The van der Waals surface area contributed by atoms with E-state index in [9.17, 15) is 5.11 Å². The highest BCUT2D eigenvalue weighted by atomic mass is 79.9. The van der Waals surface area contributed by atoms with Crippen molar-refractivity contribution < 1.29 is 5.11 Å². The zero-order valence-electron chi connectivity index (χ0n) is 11.0. The molecule has 0 aromatic heterocycles. The molecular weight excluding hydrogens is 336 g/mol. The molecular formula is C15H15BrN2OS. The van der Waals surface area contributed by atoms with Crippen LogP contribution in [0.1, 0.15) is 12.5 Å². The van der Waals surface area contributed by atoms with Crippen molar-refractivity contribution in [3.63, 3.8) is 0 Å². The first-order valence-corrected chi connectivity index (χ1v) is 7.39. The summed E-state index contributed by atoms with van der Waals surface area (Å²) in [5.41, 5.74) is 8.41. The van der Waals surface area contributed by atoms with Gasteiger partial charge in [0.05, 0.1) is 0 Å². The largest absolute Gasteiger partial charge is 0.508 e. The lowest BCUT2D eigenvalue weighted by Crippen LogP contribution is -2.17. The van der Waals surface area contributed by atoms with Crippen LogP contribution in [0.25, 0.3) is 0 Å². The maximum absolute atomic E-state index is 9.61. The van der Waals surface area contributed by atoms with Gasteiger partial charge in [-0.1, -0.05) is 18.3 Å². The van der Waals surface area contributed by atoms with Crippen LogP contribution in [0.2, 0.25) is 0 Å². The minimum atomic E-state index is 0.250. The molecule has 2 aromatic rings. The Balaban J connectivity index is 2.42. The zero-order valence-corrected chi connectivity index (χ0v) is 13.4. The van der Waals surface area contributed by atoms with E-state index in [4.69, 9.17) is 18.0 Å². The summed E-state index contributed by atoms with van der Waals surface area (Å²) in [6.45, 7) is 2.84. The molecule has 3 nitrogen and oxygen atoms in total. The Hall–Kier alpha value is -1.59. The predicted octanol–water partition coefficient (Wildman–Crippen LogP) is 3.95. The van der Waals surface area contributed by atoms with Crippen LogP contribution < -0.4 is 10.6 Å². The third-order valence-electron chi connectivity index (χ3n) is 2.99. The number of phenolic OH excluding ortho intramolecular Hbond substituents is 1. The third kappa shape index (κ3) is 3.11. The topological polar surface area (TPSA) is 49.5 Å². The van der Waals surface area contributed by atoms with Crippen molar-refractivity contribution in [2.75, 3.05) is 11.4 Å². The Morgan fingerprint density at radius 3 is 2.50 bits per heavy atom. The Kier molecular flexibility index (Phi) is 4.62. The van der Waals surface area contributed by atoms with Crippen LogP contribution in [0, 0.1) is 0 Å². The maximum atomic E-state index is 9.61. The van der Waals surface area contributed by atoms with Crippen LogP contribution in [-0.4, -0.2) is 16.6 Å². The molecule has 0 fully saturated rings. The molecule has 0 saturated carbocycles. The van der Waals surface area contributed by atoms with Crippen LogP contribution in [0.5, 0.6) is 5.75 Å². The van der Waals surface area contributed by atoms with Crippen LogP contribution >= 0.6 is 28.1 Å². The van der Waals surface area contributed by atoms with Crippen LogP contribution in [-0.2, 0) is 0 Å². The maximum Gasteiger partial charge on any atom is 0.117 e. The van der Waals surface area contributed by atoms with E-state index < -0.39 is 0 Å². The number of hydrogen-bond acceptors (Lipinski definition) is 3. The van der Waals surface area contributed by atoms with E-state index in [2.05, 4.69) is 27.8 Å². The summed E-state index contributed by atoms with van der Waals surface area (Å²) in [6, 6.07) is 13.0. The Morgan fingerprint density at radius 2 is 1.95 bits per heavy atom. The average Bonchev–Trinajstić information content (AvgIpc) is 2.39. The Morgan fingerprint density at radius 1 is 1.25 bits per heavy atom. The first-order chi connectivity index (χ1) is 9.52. The highest BCUT2D eigenvalue weighted by molar-refractivity contribution is 9.10. The molecule has 0 aliphatic carbocycles. The first-order valence-electron chi connectivity index (χ1n) is 6.19. The number of benzene rings is 2. The molecule has 2 rings (SSSR count). The van der Waals surface area contributed by atoms with Gasteiger partial charge in [0.25, 0.3) is 0 Å². The fourth-order valence-electron chi connectivity index (χ4n) is 2.05. The van der Waals surface area contributed by atoms with E-state index >= 15 is 0 Å². The number of nitrogens with zero attached hydrogens (tertiary/aromatic N) is 1. The number of nitrogens with two attached hydrogens (primary N) is 1. The second-order valence-corrected chi connectivity index (χ2v) is 5.59. The summed E-state index contributed by atoms with van der Waals surface area (Å²) in [7, 11) is 0. The summed E-state index contributed by atoms with van der Waals surface area (Å²) in [6.07, 6.45) is 0. The molecule has 0 spiro atoms. The Bertz CT molecular complexity index is 646. The monoisotopic (exact) mass is 350 g/mol. The van der Waals surface area contributed by atoms with Gasteiger partial charge in [-0.05, 0) is 53.2 Å². The van der Waals surface area contributed by atoms with Crippen LogP contribution in [0.15, 0.2) is 46.9 Å². The number of anilines is 2. The van der Waals surface area contributed by atoms with E-state index in [0.717, 1.165) is 28.0 Å². The van der Waals surface area contributed by atoms with Crippen LogP contribution in [0.3, 0.4) is 0 Å². The van der Waals surface area contributed by atoms with Gasteiger partial charge in [0.15, 0.2) is 0 Å². The van der Waals surface area contributed by atoms with Gasteiger partial charge in [-0.15, -0.1) is 0 Å². The van der Waals surface area contributed by atoms with Crippen molar-refractivity contribution in [1.82, 2.24) is 0 Å². The van der Waals surface area contributed by atoms with Crippen molar-refractivity contribution in [2.24, 2.45) is 5.73 Å². The second-order valence-electron chi connectivity index (χ2n) is 4.29. The molecule has 0 amide bonds. The van der Waals surface area contributed by atoms with Gasteiger partial charge in [0.1, 0.15) is 10.7 Å². The molecule has 0 aliphatic rings. The number of aromatic hydroxyl groups is 1. The van der Waals surface area contributed by atoms with E-state index in [1.807, 2.05) is 30.3 Å². The van der Waals surface area contributed by atoms with E-state index in [-0.39, 0.29) is 5.75 Å². The highest BCUT2D eigenvalue weighted by Crippen LogP contribution is 2.30. The molecule has 0 unspecified atom stereocenters. The van der Waals surface area contributed by atoms with Gasteiger partial charge in [-0.25, -0.2) is 0 Å². The van der Waals surface area contributed by atoms with Crippen molar-refractivity contribution in [1.29, 1.82) is 0 Å². The number of thiocarbonyl (C=S) groups is 1. The van der Waals surface area contributed by atoms with E-state index in [1.165, 1.54) is 0 Å². The average molecular weight is 351 g/mol.